The van der Waals surface area contributed by atoms with Gasteiger partial charge in [0.05, 0.1) is 5.69 Å². The van der Waals surface area contributed by atoms with Crippen LogP contribution in [0.3, 0.4) is 0 Å². The van der Waals surface area contributed by atoms with E-state index in [2.05, 4.69) is 10.4 Å². The molecule has 0 bridgehead atoms. The molecule has 2 aliphatic heterocycles. The number of aromatic nitrogens is 2. The molecule has 0 aliphatic carbocycles. The first kappa shape index (κ1) is 19.1. The van der Waals surface area contributed by atoms with E-state index in [9.17, 15) is 18.8 Å². The highest BCUT2D eigenvalue weighted by molar-refractivity contribution is 6.03. The Balaban J connectivity index is 1.42. The summed E-state index contributed by atoms with van der Waals surface area (Å²) in [5.74, 6) is -0.953. The Kier molecular flexibility index (Phi) is 5.04. The second-order valence-corrected chi connectivity index (χ2v) is 7.33. The first-order valence-corrected chi connectivity index (χ1v) is 9.64. The van der Waals surface area contributed by atoms with E-state index in [1.54, 1.807) is 24.2 Å². The molecule has 152 valence electrons. The number of halogens is 1. The van der Waals surface area contributed by atoms with Gasteiger partial charge >= 0.3 is 0 Å². The fourth-order valence-corrected chi connectivity index (χ4v) is 3.61. The monoisotopic (exact) mass is 399 g/mol. The standard InChI is InChI=1S/C20H22FN5O3/c1-24-12-15(19(23-24)20(29)25-8-2-9-25)22-17(27)7-10-26-16-5-4-14(21)11-13(16)3-6-18(26)28/h4-5,11-12H,2-3,6-10H2,1H3,(H,22,27). The van der Waals surface area contributed by atoms with Gasteiger partial charge in [-0.2, -0.15) is 5.10 Å². The summed E-state index contributed by atoms with van der Waals surface area (Å²) in [5, 5.41) is 6.91. The second kappa shape index (κ2) is 7.65. The number of hydrogen-bond donors (Lipinski definition) is 1. The summed E-state index contributed by atoms with van der Waals surface area (Å²) in [5.41, 5.74) is 1.99. The highest BCUT2D eigenvalue weighted by atomic mass is 19.1. The molecule has 1 aromatic carbocycles. The van der Waals surface area contributed by atoms with E-state index < -0.39 is 0 Å². The van der Waals surface area contributed by atoms with Crippen molar-refractivity contribution in [2.24, 2.45) is 7.05 Å². The van der Waals surface area contributed by atoms with Crippen molar-refractivity contribution in [3.63, 3.8) is 0 Å². The second-order valence-electron chi connectivity index (χ2n) is 7.33. The van der Waals surface area contributed by atoms with Crippen LogP contribution in [-0.4, -0.2) is 52.0 Å². The van der Waals surface area contributed by atoms with E-state index in [1.807, 2.05) is 0 Å². The Bertz CT molecular complexity index is 982. The van der Waals surface area contributed by atoms with Crippen molar-refractivity contribution in [1.82, 2.24) is 14.7 Å². The highest BCUT2D eigenvalue weighted by Crippen LogP contribution is 2.28. The van der Waals surface area contributed by atoms with E-state index >= 15 is 0 Å². The number of carbonyl (C=O) groups is 3. The number of hydrogen-bond acceptors (Lipinski definition) is 4. The van der Waals surface area contributed by atoms with Crippen molar-refractivity contribution in [1.29, 1.82) is 0 Å². The van der Waals surface area contributed by atoms with Crippen LogP contribution in [0.5, 0.6) is 0 Å². The molecule has 0 unspecified atom stereocenters. The van der Waals surface area contributed by atoms with Gasteiger partial charge in [-0.25, -0.2) is 4.39 Å². The van der Waals surface area contributed by atoms with Gasteiger partial charge in [0.25, 0.3) is 5.91 Å². The summed E-state index contributed by atoms with van der Waals surface area (Å²) in [4.78, 5) is 40.5. The molecule has 8 nitrogen and oxygen atoms in total. The van der Waals surface area contributed by atoms with E-state index in [1.165, 1.54) is 21.7 Å². The third-order valence-electron chi connectivity index (χ3n) is 5.25. The number of rotatable bonds is 5. The molecule has 0 saturated carbocycles. The number of anilines is 2. The van der Waals surface area contributed by atoms with Crippen LogP contribution in [0, 0.1) is 5.82 Å². The van der Waals surface area contributed by atoms with Crippen LogP contribution in [0.2, 0.25) is 0 Å². The summed E-state index contributed by atoms with van der Waals surface area (Å²) < 4.78 is 14.9. The maximum Gasteiger partial charge on any atom is 0.276 e. The summed E-state index contributed by atoms with van der Waals surface area (Å²) in [6, 6.07) is 4.32. The molecule has 1 saturated heterocycles. The molecular formula is C20H22FN5O3. The average molecular weight is 399 g/mol. The lowest BCUT2D eigenvalue weighted by atomic mass is 10.0. The Hall–Kier alpha value is -3.23. The minimum absolute atomic E-state index is 0.0504. The van der Waals surface area contributed by atoms with Gasteiger partial charge in [-0.05, 0) is 36.6 Å². The Morgan fingerprint density at radius 3 is 2.76 bits per heavy atom. The topological polar surface area (TPSA) is 87.5 Å². The van der Waals surface area contributed by atoms with Crippen LogP contribution < -0.4 is 10.2 Å². The van der Waals surface area contributed by atoms with Gasteiger partial charge in [0, 0.05) is 51.4 Å². The van der Waals surface area contributed by atoms with Crippen molar-refractivity contribution in [2.45, 2.75) is 25.7 Å². The summed E-state index contributed by atoms with van der Waals surface area (Å²) in [6.07, 6.45) is 3.39. The average Bonchev–Trinajstić information content (AvgIpc) is 2.99. The lowest BCUT2D eigenvalue weighted by molar-refractivity contribution is -0.119. The number of benzene rings is 1. The summed E-state index contributed by atoms with van der Waals surface area (Å²) in [7, 11) is 1.69. The van der Waals surface area contributed by atoms with Gasteiger partial charge < -0.3 is 15.1 Å². The van der Waals surface area contributed by atoms with Crippen LogP contribution in [0.25, 0.3) is 0 Å². The SMILES string of the molecule is Cn1cc(NC(=O)CCN2C(=O)CCc3cc(F)ccc32)c(C(=O)N2CCC2)n1. The minimum atomic E-state index is -0.341. The van der Waals surface area contributed by atoms with Crippen molar-refractivity contribution >= 4 is 29.1 Å². The van der Waals surface area contributed by atoms with Gasteiger partial charge in [-0.15, -0.1) is 0 Å². The normalized spacial score (nSPS) is 15.7. The molecule has 2 aliphatic rings. The molecule has 29 heavy (non-hydrogen) atoms. The number of nitrogens with one attached hydrogen (secondary N) is 1. The molecule has 0 radical (unpaired) electrons. The lowest BCUT2D eigenvalue weighted by Crippen LogP contribution is -2.42. The molecule has 9 heteroatoms. The summed E-state index contributed by atoms with van der Waals surface area (Å²) in [6.45, 7) is 1.57. The zero-order valence-electron chi connectivity index (χ0n) is 16.2. The first-order valence-electron chi connectivity index (χ1n) is 9.64. The number of nitrogens with zero attached hydrogens (tertiary/aromatic N) is 4. The summed E-state index contributed by atoms with van der Waals surface area (Å²) >= 11 is 0. The number of amides is 3. The smallest absolute Gasteiger partial charge is 0.276 e. The molecule has 1 fully saturated rings. The van der Waals surface area contributed by atoms with Gasteiger partial charge in [0.15, 0.2) is 5.69 Å². The molecular weight excluding hydrogens is 377 g/mol. The molecule has 1 aromatic heterocycles. The third kappa shape index (κ3) is 3.85. The molecule has 4 rings (SSSR count). The maximum atomic E-state index is 13.5. The number of fused-ring (bicyclic) bond motifs is 1. The van der Waals surface area contributed by atoms with Gasteiger partial charge in [-0.3, -0.25) is 19.1 Å². The molecule has 2 aromatic rings. The lowest BCUT2D eigenvalue weighted by Gasteiger charge is -2.30. The third-order valence-corrected chi connectivity index (χ3v) is 5.25. The molecule has 3 heterocycles. The minimum Gasteiger partial charge on any atom is -0.337 e. The number of carbonyl (C=O) groups excluding carboxylic acids is 3. The van der Waals surface area contributed by atoms with Crippen molar-refractivity contribution in [3.05, 3.63) is 41.5 Å². The van der Waals surface area contributed by atoms with Crippen molar-refractivity contribution in [2.75, 3.05) is 29.9 Å². The van der Waals surface area contributed by atoms with Crippen molar-refractivity contribution in [3.8, 4) is 0 Å². The highest BCUT2D eigenvalue weighted by Gasteiger charge is 2.28. The van der Waals surface area contributed by atoms with Gasteiger partial charge in [0.2, 0.25) is 11.8 Å². The van der Waals surface area contributed by atoms with Crippen LogP contribution in [0.4, 0.5) is 15.8 Å². The van der Waals surface area contributed by atoms with Crippen LogP contribution in [-0.2, 0) is 23.1 Å². The maximum absolute atomic E-state index is 13.5. The van der Waals surface area contributed by atoms with Crippen LogP contribution in [0.15, 0.2) is 24.4 Å². The zero-order chi connectivity index (χ0) is 20.5. The Morgan fingerprint density at radius 2 is 2.03 bits per heavy atom. The first-order chi connectivity index (χ1) is 13.9. The Labute approximate surface area is 167 Å². The van der Waals surface area contributed by atoms with Crippen molar-refractivity contribution < 1.29 is 18.8 Å². The number of aryl methyl sites for hydroxylation is 2. The van der Waals surface area contributed by atoms with Gasteiger partial charge in [0.1, 0.15) is 5.82 Å². The van der Waals surface area contributed by atoms with E-state index in [4.69, 9.17) is 0 Å². The van der Waals surface area contributed by atoms with E-state index in [0.717, 1.165) is 12.0 Å². The quantitative estimate of drug-likeness (QED) is 0.829. The fourth-order valence-electron chi connectivity index (χ4n) is 3.61. The predicted octanol–water partition coefficient (Wildman–Crippen LogP) is 1.71. The molecule has 3 amide bonds. The molecule has 0 spiro atoms. The molecule has 1 N–H and O–H groups in total. The van der Waals surface area contributed by atoms with E-state index in [-0.39, 0.29) is 48.6 Å². The molecule has 0 atom stereocenters. The Morgan fingerprint density at radius 1 is 1.24 bits per heavy atom. The van der Waals surface area contributed by atoms with Crippen LogP contribution in [0.1, 0.15) is 35.3 Å². The number of likely N-dealkylation sites (tertiary alicyclic amines) is 1. The zero-order valence-corrected chi connectivity index (χ0v) is 16.2. The van der Waals surface area contributed by atoms with Gasteiger partial charge in [-0.1, -0.05) is 0 Å². The van der Waals surface area contributed by atoms with E-state index in [0.29, 0.717) is 30.9 Å². The van der Waals surface area contributed by atoms with Crippen LogP contribution >= 0.6 is 0 Å². The predicted molar refractivity (Wildman–Crippen MR) is 104 cm³/mol. The fraction of sp³-hybridized carbons (Fsp3) is 0.400. The largest absolute Gasteiger partial charge is 0.337 e.